The number of hydrogen-bond donors (Lipinski definition) is 0. The van der Waals surface area contributed by atoms with E-state index in [1.165, 1.54) is 11.1 Å². The number of nitrogens with zero attached hydrogens (tertiary/aromatic N) is 3. The predicted molar refractivity (Wildman–Crippen MR) is 101 cm³/mol. The standard InChI is InChI=1S/C19H23N3O2.ClH/c1-14-16-7-6-15-4-2-3-5-17(15)18(16)20-22(19(14)23)9-8-21-10-12-24-13-11-21;/h2-5H,6-13H2,1H3;1H. The van der Waals surface area contributed by atoms with Crippen LogP contribution in [0.2, 0.25) is 0 Å². The quantitative estimate of drug-likeness (QED) is 0.839. The Labute approximate surface area is 154 Å². The molecule has 2 heterocycles. The molecule has 1 aliphatic carbocycles. The first-order valence-electron chi connectivity index (χ1n) is 8.73. The summed E-state index contributed by atoms with van der Waals surface area (Å²) in [4.78, 5) is 15.0. The van der Waals surface area contributed by atoms with Crippen molar-refractivity contribution >= 4 is 12.4 Å². The van der Waals surface area contributed by atoms with Gasteiger partial charge in [-0.1, -0.05) is 24.3 Å². The molecule has 0 atom stereocenters. The molecule has 1 saturated heterocycles. The van der Waals surface area contributed by atoms with Gasteiger partial charge in [0, 0.05) is 30.8 Å². The van der Waals surface area contributed by atoms with Gasteiger partial charge in [0.25, 0.3) is 5.56 Å². The Hall–Kier alpha value is -1.69. The second-order valence-electron chi connectivity index (χ2n) is 6.59. The molecule has 2 aromatic rings. The first kappa shape index (κ1) is 18.1. The molecule has 25 heavy (non-hydrogen) atoms. The van der Waals surface area contributed by atoms with E-state index in [0.29, 0.717) is 6.54 Å². The van der Waals surface area contributed by atoms with E-state index < -0.39 is 0 Å². The summed E-state index contributed by atoms with van der Waals surface area (Å²) in [7, 11) is 0. The summed E-state index contributed by atoms with van der Waals surface area (Å²) in [6.07, 6.45) is 1.90. The Bertz CT molecular complexity index is 813. The van der Waals surface area contributed by atoms with E-state index in [4.69, 9.17) is 9.84 Å². The van der Waals surface area contributed by atoms with Crippen LogP contribution in [0.1, 0.15) is 16.7 Å². The zero-order valence-electron chi connectivity index (χ0n) is 14.5. The highest BCUT2D eigenvalue weighted by Gasteiger charge is 2.22. The average molecular weight is 362 g/mol. The van der Waals surface area contributed by atoms with E-state index in [-0.39, 0.29) is 18.0 Å². The SMILES string of the molecule is Cc1c2c(nn(CCN3CCOCC3)c1=O)-c1ccccc1CC2.Cl. The van der Waals surface area contributed by atoms with Gasteiger partial charge in [0.2, 0.25) is 0 Å². The molecule has 5 nitrogen and oxygen atoms in total. The number of morpholine rings is 1. The minimum atomic E-state index is 0. The lowest BCUT2D eigenvalue weighted by Gasteiger charge is -2.27. The first-order valence-corrected chi connectivity index (χ1v) is 8.73. The molecule has 6 heteroatoms. The fraction of sp³-hybridized carbons (Fsp3) is 0.474. The van der Waals surface area contributed by atoms with Crippen molar-refractivity contribution in [3.63, 3.8) is 0 Å². The van der Waals surface area contributed by atoms with E-state index in [1.54, 1.807) is 4.68 Å². The maximum absolute atomic E-state index is 12.7. The minimum absolute atomic E-state index is 0. The Morgan fingerprint density at radius 3 is 2.68 bits per heavy atom. The molecular weight excluding hydrogens is 338 g/mol. The predicted octanol–water partition coefficient (Wildman–Crippen LogP) is 2.07. The van der Waals surface area contributed by atoms with Crippen LogP contribution >= 0.6 is 12.4 Å². The van der Waals surface area contributed by atoms with Crippen LogP contribution in [0.25, 0.3) is 11.3 Å². The normalized spacial score (nSPS) is 16.7. The van der Waals surface area contributed by atoms with Crippen molar-refractivity contribution in [2.24, 2.45) is 0 Å². The van der Waals surface area contributed by atoms with Gasteiger partial charge < -0.3 is 4.74 Å². The Balaban J connectivity index is 0.00000182. The fourth-order valence-corrected chi connectivity index (χ4v) is 3.69. The number of benzene rings is 1. The van der Waals surface area contributed by atoms with E-state index >= 15 is 0 Å². The second-order valence-corrected chi connectivity index (χ2v) is 6.59. The summed E-state index contributed by atoms with van der Waals surface area (Å²) in [5, 5.41) is 4.75. The van der Waals surface area contributed by atoms with Crippen molar-refractivity contribution in [2.45, 2.75) is 26.3 Å². The molecule has 1 aromatic carbocycles. The monoisotopic (exact) mass is 361 g/mol. The third kappa shape index (κ3) is 3.50. The molecule has 0 N–H and O–H groups in total. The van der Waals surface area contributed by atoms with Crippen molar-refractivity contribution in [2.75, 3.05) is 32.8 Å². The number of halogens is 1. The largest absolute Gasteiger partial charge is 0.379 e. The summed E-state index contributed by atoms with van der Waals surface area (Å²) in [5.74, 6) is 0. The average Bonchev–Trinajstić information content (AvgIpc) is 2.64. The molecule has 1 aromatic heterocycles. The summed E-state index contributed by atoms with van der Waals surface area (Å²) < 4.78 is 7.04. The zero-order valence-corrected chi connectivity index (χ0v) is 15.3. The van der Waals surface area contributed by atoms with Gasteiger partial charge in [-0.2, -0.15) is 5.10 Å². The van der Waals surface area contributed by atoms with Crippen LogP contribution in [0.15, 0.2) is 29.1 Å². The van der Waals surface area contributed by atoms with Crippen molar-refractivity contribution < 1.29 is 4.74 Å². The van der Waals surface area contributed by atoms with Crippen LogP contribution in [0, 0.1) is 6.92 Å². The third-order valence-electron chi connectivity index (χ3n) is 5.16. The highest BCUT2D eigenvalue weighted by molar-refractivity contribution is 5.85. The lowest BCUT2D eigenvalue weighted by molar-refractivity contribution is 0.0358. The third-order valence-corrected chi connectivity index (χ3v) is 5.16. The lowest BCUT2D eigenvalue weighted by atomic mass is 9.87. The van der Waals surface area contributed by atoms with Crippen molar-refractivity contribution in [1.82, 2.24) is 14.7 Å². The molecule has 1 aliphatic heterocycles. The highest BCUT2D eigenvalue weighted by atomic mass is 35.5. The maximum Gasteiger partial charge on any atom is 0.270 e. The van der Waals surface area contributed by atoms with Crippen molar-refractivity contribution in [3.8, 4) is 11.3 Å². The van der Waals surface area contributed by atoms with Gasteiger partial charge >= 0.3 is 0 Å². The van der Waals surface area contributed by atoms with E-state index in [9.17, 15) is 4.79 Å². The summed E-state index contributed by atoms with van der Waals surface area (Å²) in [6, 6.07) is 8.41. The molecule has 0 amide bonds. The fourth-order valence-electron chi connectivity index (χ4n) is 3.69. The van der Waals surface area contributed by atoms with Gasteiger partial charge in [-0.25, -0.2) is 4.68 Å². The number of hydrogen-bond acceptors (Lipinski definition) is 4. The Kier molecular flexibility index (Phi) is 5.57. The topological polar surface area (TPSA) is 47.4 Å². The van der Waals surface area contributed by atoms with Gasteiger partial charge in [0.05, 0.1) is 25.5 Å². The molecule has 0 unspecified atom stereocenters. The molecule has 1 fully saturated rings. The van der Waals surface area contributed by atoms with Crippen LogP contribution in [0.4, 0.5) is 0 Å². The van der Waals surface area contributed by atoms with E-state index in [0.717, 1.165) is 62.5 Å². The van der Waals surface area contributed by atoms with Crippen LogP contribution in [0.3, 0.4) is 0 Å². The van der Waals surface area contributed by atoms with Crippen molar-refractivity contribution in [1.29, 1.82) is 0 Å². The van der Waals surface area contributed by atoms with Crippen LogP contribution in [-0.2, 0) is 24.1 Å². The molecular formula is C19H24ClN3O2. The first-order chi connectivity index (χ1) is 11.7. The van der Waals surface area contributed by atoms with E-state index in [1.807, 2.05) is 13.0 Å². The maximum atomic E-state index is 12.7. The van der Waals surface area contributed by atoms with Gasteiger partial charge in [-0.05, 0) is 30.9 Å². The number of ether oxygens (including phenoxy) is 1. The van der Waals surface area contributed by atoms with Crippen molar-refractivity contribution in [3.05, 3.63) is 51.3 Å². The van der Waals surface area contributed by atoms with Gasteiger partial charge in [0.15, 0.2) is 0 Å². The summed E-state index contributed by atoms with van der Waals surface area (Å²) in [5.41, 5.74) is 5.55. The molecule has 2 aliphatic rings. The van der Waals surface area contributed by atoms with E-state index in [2.05, 4.69) is 23.1 Å². The number of fused-ring (bicyclic) bond motifs is 3. The molecule has 4 rings (SSSR count). The summed E-state index contributed by atoms with van der Waals surface area (Å²) in [6.45, 7) is 6.84. The molecule has 0 saturated carbocycles. The molecule has 134 valence electrons. The summed E-state index contributed by atoms with van der Waals surface area (Å²) >= 11 is 0. The lowest BCUT2D eigenvalue weighted by Crippen LogP contribution is -2.40. The smallest absolute Gasteiger partial charge is 0.270 e. The number of aromatic nitrogens is 2. The van der Waals surface area contributed by atoms with Crippen LogP contribution in [0.5, 0.6) is 0 Å². The number of aryl methyl sites for hydroxylation is 1. The van der Waals surface area contributed by atoms with Gasteiger partial charge in [0.1, 0.15) is 0 Å². The zero-order chi connectivity index (χ0) is 16.5. The van der Waals surface area contributed by atoms with Crippen LogP contribution < -0.4 is 5.56 Å². The minimum Gasteiger partial charge on any atom is -0.379 e. The Morgan fingerprint density at radius 2 is 1.88 bits per heavy atom. The van der Waals surface area contributed by atoms with Gasteiger partial charge in [-0.15, -0.1) is 12.4 Å². The molecule has 0 bridgehead atoms. The van der Waals surface area contributed by atoms with Crippen LogP contribution in [-0.4, -0.2) is 47.5 Å². The Morgan fingerprint density at radius 1 is 1.12 bits per heavy atom. The highest BCUT2D eigenvalue weighted by Crippen LogP contribution is 2.31. The molecule has 0 spiro atoms. The second kappa shape index (κ2) is 7.68. The number of rotatable bonds is 3. The van der Waals surface area contributed by atoms with Gasteiger partial charge in [-0.3, -0.25) is 9.69 Å². The molecule has 0 radical (unpaired) electrons.